The molecule has 1 aromatic rings. The second-order valence-electron chi connectivity index (χ2n) is 4.99. The van der Waals surface area contributed by atoms with E-state index in [0.29, 0.717) is 32.8 Å². The molecule has 2 N–H and O–H groups in total. The summed E-state index contributed by atoms with van der Waals surface area (Å²) < 4.78 is 10.0. The van der Waals surface area contributed by atoms with Crippen LogP contribution in [0.3, 0.4) is 0 Å². The van der Waals surface area contributed by atoms with Crippen LogP contribution in [0.1, 0.15) is 22.3 Å². The molecule has 7 nitrogen and oxygen atoms in total. The molecule has 0 saturated heterocycles. The molecule has 23 heavy (non-hydrogen) atoms. The molecule has 2 amide bonds. The number of urea groups is 1. The Kier molecular flexibility index (Phi) is 8.71. The van der Waals surface area contributed by atoms with E-state index in [4.69, 9.17) is 14.6 Å². The molecule has 1 aromatic carbocycles. The standard InChI is InChI=1S/C16H24N2O5/c1-22-10-3-8-18(9-11-23-2)16(21)17-12-13-4-6-14(7-5-13)15(19)20/h4-7H,3,8-12H2,1-2H3,(H,17,21)(H,19,20). The van der Waals surface area contributed by atoms with Gasteiger partial charge in [-0.25, -0.2) is 9.59 Å². The van der Waals surface area contributed by atoms with Crippen molar-refractivity contribution in [1.82, 2.24) is 10.2 Å². The largest absolute Gasteiger partial charge is 0.478 e. The maximum Gasteiger partial charge on any atom is 0.335 e. The zero-order chi connectivity index (χ0) is 17.1. The van der Waals surface area contributed by atoms with E-state index in [1.165, 1.54) is 12.1 Å². The molecule has 0 bridgehead atoms. The number of hydrogen-bond acceptors (Lipinski definition) is 4. The van der Waals surface area contributed by atoms with Crippen molar-refractivity contribution in [2.24, 2.45) is 0 Å². The fraction of sp³-hybridized carbons (Fsp3) is 0.500. The molecule has 0 aromatic heterocycles. The lowest BCUT2D eigenvalue weighted by Crippen LogP contribution is -2.42. The number of amides is 2. The van der Waals surface area contributed by atoms with Crippen LogP contribution in [-0.4, -0.2) is 62.5 Å². The molecule has 0 fully saturated rings. The number of ether oxygens (including phenoxy) is 2. The van der Waals surface area contributed by atoms with Gasteiger partial charge in [0.15, 0.2) is 0 Å². The summed E-state index contributed by atoms with van der Waals surface area (Å²) in [6, 6.07) is 6.24. The van der Waals surface area contributed by atoms with Crippen LogP contribution in [0.4, 0.5) is 4.79 Å². The van der Waals surface area contributed by atoms with Crippen LogP contribution in [0.15, 0.2) is 24.3 Å². The Morgan fingerprint density at radius 2 is 1.74 bits per heavy atom. The summed E-state index contributed by atoms with van der Waals surface area (Å²) in [5.74, 6) is -0.968. The molecular formula is C16H24N2O5. The van der Waals surface area contributed by atoms with E-state index in [1.807, 2.05) is 0 Å². The van der Waals surface area contributed by atoms with Gasteiger partial charge < -0.3 is 24.8 Å². The zero-order valence-electron chi connectivity index (χ0n) is 13.6. The Balaban J connectivity index is 2.50. The van der Waals surface area contributed by atoms with Crippen molar-refractivity contribution in [1.29, 1.82) is 0 Å². The van der Waals surface area contributed by atoms with Gasteiger partial charge in [-0.05, 0) is 24.1 Å². The first-order valence-electron chi connectivity index (χ1n) is 7.41. The summed E-state index contributed by atoms with van der Waals surface area (Å²) in [6.07, 6.45) is 0.751. The summed E-state index contributed by atoms with van der Waals surface area (Å²) >= 11 is 0. The molecule has 0 unspecified atom stereocenters. The van der Waals surface area contributed by atoms with E-state index in [9.17, 15) is 9.59 Å². The molecule has 0 heterocycles. The number of methoxy groups -OCH3 is 2. The Hall–Kier alpha value is -2.12. The Labute approximate surface area is 136 Å². The van der Waals surface area contributed by atoms with Crippen molar-refractivity contribution in [3.8, 4) is 0 Å². The van der Waals surface area contributed by atoms with E-state index in [0.717, 1.165) is 12.0 Å². The van der Waals surface area contributed by atoms with Gasteiger partial charge in [0, 0.05) is 40.5 Å². The van der Waals surface area contributed by atoms with Gasteiger partial charge >= 0.3 is 12.0 Å². The van der Waals surface area contributed by atoms with Gasteiger partial charge in [0.2, 0.25) is 0 Å². The molecule has 7 heteroatoms. The Bertz CT molecular complexity index is 490. The third-order valence-corrected chi connectivity index (χ3v) is 3.27. The average Bonchev–Trinajstić information content (AvgIpc) is 2.56. The third-order valence-electron chi connectivity index (χ3n) is 3.27. The zero-order valence-corrected chi connectivity index (χ0v) is 13.6. The molecule has 128 valence electrons. The molecule has 1 rings (SSSR count). The third kappa shape index (κ3) is 7.12. The normalized spacial score (nSPS) is 10.3. The number of rotatable bonds is 10. The summed E-state index contributed by atoms with van der Waals surface area (Å²) in [7, 11) is 3.22. The lowest BCUT2D eigenvalue weighted by atomic mass is 10.1. The van der Waals surface area contributed by atoms with Crippen LogP contribution in [0.25, 0.3) is 0 Å². The van der Waals surface area contributed by atoms with Crippen LogP contribution in [-0.2, 0) is 16.0 Å². The molecule has 0 aliphatic rings. The topological polar surface area (TPSA) is 88.1 Å². The van der Waals surface area contributed by atoms with Gasteiger partial charge in [0.05, 0.1) is 12.2 Å². The molecule has 0 aliphatic carbocycles. The van der Waals surface area contributed by atoms with Crippen molar-refractivity contribution in [3.05, 3.63) is 35.4 Å². The Morgan fingerprint density at radius 1 is 1.09 bits per heavy atom. The van der Waals surface area contributed by atoms with Gasteiger partial charge in [0.25, 0.3) is 0 Å². The average molecular weight is 324 g/mol. The lowest BCUT2D eigenvalue weighted by Gasteiger charge is -2.22. The number of carbonyl (C=O) groups excluding carboxylic acids is 1. The molecular weight excluding hydrogens is 300 g/mol. The summed E-state index contributed by atoms with van der Waals surface area (Å²) in [5, 5.41) is 11.7. The fourth-order valence-electron chi connectivity index (χ4n) is 1.97. The number of hydrogen-bond donors (Lipinski definition) is 2. The number of aromatic carboxylic acids is 1. The highest BCUT2D eigenvalue weighted by Crippen LogP contribution is 2.04. The van der Waals surface area contributed by atoms with Crippen molar-refractivity contribution in [2.75, 3.05) is 40.5 Å². The van der Waals surface area contributed by atoms with E-state index in [2.05, 4.69) is 5.32 Å². The number of benzene rings is 1. The van der Waals surface area contributed by atoms with Crippen molar-refractivity contribution in [3.63, 3.8) is 0 Å². The van der Waals surface area contributed by atoms with E-state index in [1.54, 1.807) is 31.3 Å². The molecule has 0 atom stereocenters. The van der Waals surface area contributed by atoms with E-state index in [-0.39, 0.29) is 11.6 Å². The highest BCUT2D eigenvalue weighted by molar-refractivity contribution is 5.87. The van der Waals surface area contributed by atoms with Crippen LogP contribution in [0.2, 0.25) is 0 Å². The van der Waals surface area contributed by atoms with Gasteiger partial charge in [-0.15, -0.1) is 0 Å². The number of carbonyl (C=O) groups is 2. The first-order chi connectivity index (χ1) is 11.1. The quantitative estimate of drug-likeness (QED) is 0.638. The van der Waals surface area contributed by atoms with Crippen molar-refractivity contribution >= 4 is 12.0 Å². The van der Waals surface area contributed by atoms with Crippen LogP contribution < -0.4 is 5.32 Å². The summed E-state index contributed by atoms with van der Waals surface area (Å²) in [4.78, 5) is 24.7. The molecule has 0 saturated carbocycles. The van der Waals surface area contributed by atoms with Gasteiger partial charge in [-0.1, -0.05) is 12.1 Å². The summed E-state index contributed by atoms with van der Waals surface area (Å²) in [6.45, 7) is 2.48. The minimum atomic E-state index is -0.968. The number of carboxylic acid groups (broad SMARTS) is 1. The fourth-order valence-corrected chi connectivity index (χ4v) is 1.97. The van der Waals surface area contributed by atoms with Gasteiger partial charge in [-0.2, -0.15) is 0 Å². The van der Waals surface area contributed by atoms with Gasteiger partial charge in [-0.3, -0.25) is 0 Å². The SMILES string of the molecule is COCCCN(CCOC)C(=O)NCc1ccc(C(=O)O)cc1. The predicted molar refractivity (Wildman–Crippen MR) is 85.6 cm³/mol. The summed E-state index contributed by atoms with van der Waals surface area (Å²) in [5.41, 5.74) is 1.06. The van der Waals surface area contributed by atoms with Crippen LogP contribution >= 0.6 is 0 Å². The number of nitrogens with one attached hydrogen (secondary N) is 1. The molecule has 0 spiro atoms. The minimum absolute atomic E-state index is 0.180. The van der Waals surface area contributed by atoms with Crippen LogP contribution in [0, 0.1) is 0 Å². The maximum atomic E-state index is 12.2. The van der Waals surface area contributed by atoms with E-state index >= 15 is 0 Å². The first-order valence-corrected chi connectivity index (χ1v) is 7.41. The number of nitrogens with zero attached hydrogens (tertiary/aromatic N) is 1. The second kappa shape index (κ2) is 10.6. The van der Waals surface area contributed by atoms with Crippen molar-refractivity contribution < 1.29 is 24.2 Å². The number of carboxylic acids is 1. The van der Waals surface area contributed by atoms with E-state index < -0.39 is 5.97 Å². The first kappa shape index (κ1) is 18.9. The molecule has 0 aliphatic heterocycles. The molecule has 0 radical (unpaired) electrons. The minimum Gasteiger partial charge on any atom is -0.478 e. The maximum absolute atomic E-state index is 12.2. The second-order valence-corrected chi connectivity index (χ2v) is 4.99. The smallest absolute Gasteiger partial charge is 0.335 e. The lowest BCUT2D eigenvalue weighted by molar-refractivity contribution is 0.0697. The Morgan fingerprint density at radius 3 is 2.30 bits per heavy atom. The highest BCUT2D eigenvalue weighted by atomic mass is 16.5. The highest BCUT2D eigenvalue weighted by Gasteiger charge is 2.12. The van der Waals surface area contributed by atoms with Gasteiger partial charge in [0.1, 0.15) is 0 Å². The van der Waals surface area contributed by atoms with Crippen LogP contribution in [0.5, 0.6) is 0 Å². The monoisotopic (exact) mass is 324 g/mol. The predicted octanol–water partition coefficient (Wildman–Crippen LogP) is 1.58. The van der Waals surface area contributed by atoms with Crippen molar-refractivity contribution in [2.45, 2.75) is 13.0 Å².